The van der Waals surface area contributed by atoms with Crippen molar-refractivity contribution >= 4 is 56.3 Å². The molecule has 11 heteroatoms. The molecule has 0 saturated heterocycles. The van der Waals surface area contributed by atoms with Gasteiger partial charge in [-0.05, 0) is 35.2 Å². The van der Waals surface area contributed by atoms with Crippen LogP contribution in [0.2, 0.25) is 0 Å². The molecule has 0 atom stereocenters. The van der Waals surface area contributed by atoms with E-state index in [-0.39, 0.29) is 5.41 Å². The first kappa shape index (κ1) is 27.7. The minimum absolute atomic E-state index is 0.178. The van der Waals surface area contributed by atoms with Crippen LogP contribution in [0, 0.1) is 0 Å². The Bertz CT molecular complexity index is 1680. The van der Waals surface area contributed by atoms with Crippen molar-refractivity contribution < 1.29 is 14.3 Å². The molecule has 10 nitrogen and oxygen atoms in total. The fraction of sp³-hybridized carbons (Fsp3) is 0.200. The van der Waals surface area contributed by atoms with Crippen molar-refractivity contribution in [1.29, 1.82) is 0 Å². The number of amides is 2. The van der Waals surface area contributed by atoms with Crippen molar-refractivity contribution in [2.45, 2.75) is 26.2 Å². The molecule has 2 amide bonds. The van der Waals surface area contributed by atoms with Crippen LogP contribution in [0.3, 0.4) is 0 Å². The summed E-state index contributed by atoms with van der Waals surface area (Å²) in [5.41, 5.74) is 2.71. The highest BCUT2D eigenvalue weighted by molar-refractivity contribution is 7.13. The Labute approximate surface area is 242 Å². The Morgan fingerprint density at radius 1 is 0.902 bits per heavy atom. The Balaban J connectivity index is 1.43. The number of benzene rings is 3. The predicted octanol–water partition coefficient (Wildman–Crippen LogP) is 7.61. The van der Waals surface area contributed by atoms with Crippen LogP contribution < -0.4 is 30.7 Å². The van der Waals surface area contributed by atoms with Crippen LogP contribution in [0.5, 0.6) is 17.4 Å². The topological polar surface area (TPSA) is 122 Å². The molecule has 0 unspecified atom stereocenters. The summed E-state index contributed by atoms with van der Waals surface area (Å²) < 4.78 is 11.8. The zero-order valence-corrected chi connectivity index (χ0v) is 24.2. The lowest BCUT2D eigenvalue weighted by Gasteiger charge is -2.24. The van der Waals surface area contributed by atoms with Crippen molar-refractivity contribution in [3.63, 3.8) is 0 Å². The normalized spacial score (nSPS) is 11.1. The van der Waals surface area contributed by atoms with Crippen LogP contribution in [0.25, 0.3) is 10.8 Å². The fourth-order valence-corrected chi connectivity index (χ4v) is 4.79. The second-order valence-electron chi connectivity index (χ2n) is 10.1. The third kappa shape index (κ3) is 6.30. The van der Waals surface area contributed by atoms with Crippen molar-refractivity contribution in [2.24, 2.45) is 0 Å². The first-order valence-electron chi connectivity index (χ1n) is 12.9. The van der Waals surface area contributed by atoms with Gasteiger partial charge in [-0.3, -0.25) is 0 Å². The summed E-state index contributed by atoms with van der Waals surface area (Å²) >= 11 is 1.48. The zero-order chi connectivity index (χ0) is 29.0. The smallest absolute Gasteiger partial charge is 0.323 e. The van der Waals surface area contributed by atoms with Crippen molar-refractivity contribution in [3.8, 4) is 17.4 Å². The van der Waals surface area contributed by atoms with Crippen LogP contribution in [0.4, 0.5) is 32.9 Å². The van der Waals surface area contributed by atoms with Gasteiger partial charge >= 0.3 is 6.03 Å². The number of anilines is 5. The average Bonchev–Trinajstić information content (AvgIpc) is 3.47. The Morgan fingerprint density at radius 2 is 1.66 bits per heavy atom. The van der Waals surface area contributed by atoms with Gasteiger partial charge in [-0.2, -0.15) is 4.98 Å². The maximum absolute atomic E-state index is 13.4. The van der Waals surface area contributed by atoms with Crippen LogP contribution in [-0.4, -0.2) is 35.1 Å². The summed E-state index contributed by atoms with van der Waals surface area (Å²) in [5.74, 6) is 1.96. The first-order valence-corrected chi connectivity index (χ1v) is 13.8. The number of rotatable bonds is 8. The molecule has 5 aromatic rings. The lowest BCUT2D eigenvalue weighted by atomic mass is 9.86. The van der Waals surface area contributed by atoms with Gasteiger partial charge in [-0.15, -0.1) is 11.3 Å². The van der Waals surface area contributed by atoms with E-state index in [2.05, 4.69) is 57.0 Å². The maximum Gasteiger partial charge on any atom is 0.323 e. The molecule has 3 aromatic carbocycles. The van der Waals surface area contributed by atoms with Gasteiger partial charge in [0, 0.05) is 41.7 Å². The van der Waals surface area contributed by atoms with E-state index in [0.717, 1.165) is 21.5 Å². The third-order valence-corrected chi connectivity index (χ3v) is 6.97. The number of carbonyl (C=O) groups is 1. The summed E-state index contributed by atoms with van der Waals surface area (Å²) in [6, 6.07) is 16.5. The van der Waals surface area contributed by atoms with Gasteiger partial charge in [0.15, 0.2) is 10.9 Å². The summed E-state index contributed by atoms with van der Waals surface area (Å²) in [6.07, 6.45) is 3.35. The Kier molecular flexibility index (Phi) is 7.88. The molecule has 0 aliphatic heterocycles. The second-order valence-corrected chi connectivity index (χ2v) is 11.0. The highest BCUT2D eigenvalue weighted by atomic mass is 32.1. The molecule has 4 N–H and O–H groups in total. The molecular formula is C30H31N7O3S. The lowest BCUT2D eigenvalue weighted by molar-refractivity contribution is 0.262. The molecule has 2 heterocycles. The van der Waals surface area contributed by atoms with Crippen LogP contribution in [0.1, 0.15) is 26.3 Å². The number of nitrogens with zero attached hydrogens (tertiary/aromatic N) is 3. The van der Waals surface area contributed by atoms with E-state index in [1.807, 2.05) is 41.8 Å². The van der Waals surface area contributed by atoms with Crippen LogP contribution in [-0.2, 0) is 5.41 Å². The highest BCUT2D eigenvalue weighted by Gasteiger charge is 2.22. The molecule has 0 fully saturated rings. The van der Waals surface area contributed by atoms with E-state index in [9.17, 15) is 4.79 Å². The molecule has 210 valence electrons. The molecule has 0 aliphatic rings. The molecule has 2 aromatic heterocycles. The first-order chi connectivity index (χ1) is 19.7. The fourth-order valence-electron chi connectivity index (χ4n) is 4.25. The van der Waals surface area contributed by atoms with E-state index < -0.39 is 6.03 Å². The Hall–Kier alpha value is -4.90. The predicted molar refractivity (Wildman–Crippen MR) is 165 cm³/mol. The van der Waals surface area contributed by atoms with Crippen molar-refractivity contribution in [1.82, 2.24) is 15.0 Å². The molecule has 0 spiro atoms. The average molecular weight is 570 g/mol. The molecule has 0 radical (unpaired) electrons. The number of hydrogen-bond donors (Lipinski definition) is 4. The summed E-state index contributed by atoms with van der Waals surface area (Å²) in [7, 11) is 3.32. The van der Waals surface area contributed by atoms with Gasteiger partial charge in [0.25, 0.3) is 0 Å². The lowest BCUT2D eigenvalue weighted by Crippen LogP contribution is -2.21. The van der Waals surface area contributed by atoms with Gasteiger partial charge in [0.2, 0.25) is 11.8 Å². The number of ether oxygens (including phenoxy) is 2. The molecule has 41 heavy (non-hydrogen) atoms. The molecule has 0 bridgehead atoms. The molecule has 5 rings (SSSR count). The van der Waals surface area contributed by atoms with E-state index in [4.69, 9.17) is 9.47 Å². The minimum Gasteiger partial charge on any atom is -0.492 e. The molecular weight excluding hydrogens is 538 g/mol. The van der Waals surface area contributed by atoms with E-state index in [1.54, 1.807) is 44.8 Å². The number of thiazole rings is 1. The molecule has 0 saturated carbocycles. The number of aromatic nitrogens is 3. The van der Waals surface area contributed by atoms with Crippen LogP contribution in [0.15, 0.2) is 72.4 Å². The SMILES string of the molecule is CNc1nccc(Oc2ccc(NC(=O)Nc3cc(C(C)(C)C)cc(Nc4nccs4)c3OC)c3ccccc23)n1. The number of carbonyl (C=O) groups excluding carboxylic acids is 1. The van der Waals surface area contributed by atoms with Crippen molar-refractivity contribution in [2.75, 3.05) is 35.4 Å². The van der Waals surface area contributed by atoms with E-state index >= 15 is 0 Å². The number of nitrogens with one attached hydrogen (secondary N) is 4. The zero-order valence-electron chi connectivity index (χ0n) is 23.4. The maximum atomic E-state index is 13.4. The van der Waals surface area contributed by atoms with Gasteiger partial charge in [0.05, 0.1) is 24.2 Å². The monoisotopic (exact) mass is 569 g/mol. The number of hydrogen-bond acceptors (Lipinski definition) is 9. The summed E-state index contributed by atoms with van der Waals surface area (Å²) in [6.45, 7) is 6.34. The van der Waals surface area contributed by atoms with E-state index in [0.29, 0.717) is 40.4 Å². The largest absolute Gasteiger partial charge is 0.492 e. The minimum atomic E-state index is -0.414. The number of fused-ring (bicyclic) bond motifs is 1. The number of urea groups is 1. The van der Waals surface area contributed by atoms with Gasteiger partial charge < -0.3 is 30.7 Å². The van der Waals surface area contributed by atoms with Gasteiger partial charge in [-0.25, -0.2) is 14.8 Å². The van der Waals surface area contributed by atoms with Gasteiger partial charge in [0.1, 0.15) is 5.75 Å². The third-order valence-electron chi connectivity index (χ3n) is 6.28. The van der Waals surface area contributed by atoms with Crippen molar-refractivity contribution in [3.05, 3.63) is 77.9 Å². The quantitative estimate of drug-likeness (QED) is 0.151. The van der Waals surface area contributed by atoms with E-state index in [1.165, 1.54) is 11.3 Å². The summed E-state index contributed by atoms with van der Waals surface area (Å²) in [5, 5.41) is 16.4. The summed E-state index contributed by atoms with van der Waals surface area (Å²) in [4.78, 5) is 26.2. The Morgan fingerprint density at radius 3 is 2.37 bits per heavy atom. The number of methoxy groups -OCH3 is 1. The molecule has 0 aliphatic carbocycles. The standard InChI is InChI=1S/C30H31N7O3S/c1-30(2,3)18-16-22(26(39-5)23(17-18)36-29-33-14-15-41-29)35-28(38)34-21-10-11-24(20-9-7-6-8-19(20)21)40-25-12-13-32-27(31-4)37-25/h6-17H,1-5H3,(H,33,36)(H,31,32,37)(H2,34,35,38). The highest BCUT2D eigenvalue weighted by Crippen LogP contribution is 2.40. The van der Waals surface area contributed by atoms with Gasteiger partial charge in [-0.1, -0.05) is 45.0 Å². The van der Waals surface area contributed by atoms with Crippen LogP contribution >= 0.6 is 11.3 Å². The second kappa shape index (κ2) is 11.7.